The van der Waals surface area contributed by atoms with Gasteiger partial charge in [0, 0.05) is 20.1 Å². The van der Waals surface area contributed by atoms with Crippen LogP contribution in [0.1, 0.15) is 18.9 Å². The first-order valence-electron chi connectivity index (χ1n) is 5.49. The van der Waals surface area contributed by atoms with E-state index in [-0.39, 0.29) is 6.61 Å². The van der Waals surface area contributed by atoms with Crippen LogP contribution in [-0.2, 0) is 20.9 Å². The van der Waals surface area contributed by atoms with E-state index in [1.54, 1.807) is 14.0 Å². The molecule has 1 aromatic carbocycles. The summed E-state index contributed by atoms with van der Waals surface area (Å²) in [6, 6.07) is 9.50. The molecule has 0 amide bonds. The Morgan fingerprint density at radius 3 is 2.53 bits per heavy atom. The van der Waals surface area contributed by atoms with Crippen molar-refractivity contribution in [2.24, 2.45) is 0 Å². The smallest absolute Gasteiger partial charge is 0.335 e. The molecule has 0 fully saturated rings. The molecule has 17 heavy (non-hydrogen) atoms. The fourth-order valence-electron chi connectivity index (χ4n) is 1.35. The molecule has 1 rings (SSSR count). The van der Waals surface area contributed by atoms with Crippen LogP contribution in [0, 0.1) is 0 Å². The zero-order valence-corrected chi connectivity index (χ0v) is 10.2. The normalized spacial score (nSPS) is 14.2. The zero-order chi connectivity index (χ0) is 12.7. The molecule has 0 bridgehead atoms. The summed E-state index contributed by atoms with van der Waals surface area (Å²) < 4.78 is 10.4. The van der Waals surface area contributed by atoms with Crippen molar-refractivity contribution in [2.45, 2.75) is 25.6 Å². The van der Waals surface area contributed by atoms with Gasteiger partial charge in [-0.3, -0.25) is 0 Å². The van der Waals surface area contributed by atoms with Crippen LogP contribution in [0.25, 0.3) is 0 Å². The highest BCUT2D eigenvalue weighted by Crippen LogP contribution is 2.18. The van der Waals surface area contributed by atoms with Crippen molar-refractivity contribution in [3.05, 3.63) is 35.9 Å². The van der Waals surface area contributed by atoms with Crippen molar-refractivity contribution in [2.75, 3.05) is 13.7 Å². The Kier molecular flexibility index (Phi) is 5.12. The van der Waals surface area contributed by atoms with Crippen LogP contribution < -0.4 is 0 Å². The molecule has 0 heterocycles. The van der Waals surface area contributed by atoms with Crippen LogP contribution >= 0.6 is 0 Å². The summed E-state index contributed by atoms with van der Waals surface area (Å²) in [5.74, 6) is -0.967. The van der Waals surface area contributed by atoms with Gasteiger partial charge in [0.1, 0.15) is 0 Å². The van der Waals surface area contributed by atoms with Crippen LogP contribution in [0.3, 0.4) is 0 Å². The standard InChI is InChI=1S/C13H18O4/c1-13(12(14)15,8-9-16-2)17-10-11-6-4-3-5-7-11/h3-7H,8-10H2,1-2H3,(H,14,15). The van der Waals surface area contributed by atoms with E-state index in [0.29, 0.717) is 13.0 Å². The monoisotopic (exact) mass is 238 g/mol. The van der Waals surface area contributed by atoms with Gasteiger partial charge in [-0.2, -0.15) is 0 Å². The number of ether oxygens (including phenoxy) is 2. The number of carbonyl (C=O) groups is 1. The summed E-state index contributed by atoms with van der Waals surface area (Å²) in [5.41, 5.74) is -0.247. The number of carboxylic acid groups (broad SMARTS) is 1. The summed E-state index contributed by atoms with van der Waals surface area (Å²) in [6.45, 7) is 2.21. The van der Waals surface area contributed by atoms with Crippen LogP contribution in [0.4, 0.5) is 0 Å². The fraction of sp³-hybridized carbons (Fsp3) is 0.462. The molecule has 4 nitrogen and oxygen atoms in total. The van der Waals surface area contributed by atoms with Gasteiger partial charge in [-0.1, -0.05) is 30.3 Å². The number of methoxy groups -OCH3 is 1. The lowest BCUT2D eigenvalue weighted by atomic mass is 10.0. The van der Waals surface area contributed by atoms with Gasteiger partial charge >= 0.3 is 5.97 Å². The molecule has 1 atom stereocenters. The quantitative estimate of drug-likeness (QED) is 0.790. The molecule has 0 radical (unpaired) electrons. The van der Waals surface area contributed by atoms with Gasteiger partial charge in [0.2, 0.25) is 0 Å². The van der Waals surface area contributed by atoms with Gasteiger partial charge in [-0.25, -0.2) is 4.79 Å². The van der Waals surface area contributed by atoms with E-state index in [9.17, 15) is 4.79 Å². The number of rotatable bonds is 7. The highest BCUT2D eigenvalue weighted by molar-refractivity contribution is 5.76. The van der Waals surface area contributed by atoms with Crippen LogP contribution in [0.15, 0.2) is 30.3 Å². The van der Waals surface area contributed by atoms with Crippen molar-refractivity contribution in [1.82, 2.24) is 0 Å². The van der Waals surface area contributed by atoms with Gasteiger partial charge in [0.25, 0.3) is 0 Å². The average molecular weight is 238 g/mol. The first-order valence-corrected chi connectivity index (χ1v) is 5.49. The van der Waals surface area contributed by atoms with Gasteiger partial charge < -0.3 is 14.6 Å². The number of carboxylic acids is 1. The number of hydrogen-bond acceptors (Lipinski definition) is 3. The lowest BCUT2D eigenvalue weighted by Crippen LogP contribution is -2.39. The van der Waals surface area contributed by atoms with Crippen molar-refractivity contribution in [3.63, 3.8) is 0 Å². The van der Waals surface area contributed by atoms with E-state index >= 15 is 0 Å². The minimum Gasteiger partial charge on any atom is -0.479 e. The van der Waals surface area contributed by atoms with Crippen LogP contribution in [-0.4, -0.2) is 30.4 Å². The fourth-order valence-corrected chi connectivity index (χ4v) is 1.35. The molecule has 0 aliphatic rings. The Labute approximate surface area is 101 Å². The Bertz CT molecular complexity index is 350. The second kappa shape index (κ2) is 6.37. The molecular formula is C13H18O4. The first-order chi connectivity index (χ1) is 8.08. The highest BCUT2D eigenvalue weighted by Gasteiger charge is 2.33. The lowest BCUT2D eigenvalue weighted by Gasteiger charge is -2.25. The Morgan fingerprint density at radius 2 is 2.00 bits per heavy atom. The number of aliphatic carboxylic acids is 1. The molecule has 0 spiro atoms. The SMILES string of the molecule is COCCC(C)(OCc1ccccc1)C(=O)O. The molecule has 0 aliphatic heterocycles. The van der Waals surface area contributed by atoms with E-state index < -0.39 is 11.6 Å². The predicted octanol–water partition coefficient (Wildman–Crippen LogP) is 2.08. The van der Waals surface area contributed by atoms with Crippen molar-refractivity contribution in [3.8, 4) is 0 Å². The van der Waals surface area contributed by atoms with E-state index in [1.807, 2.05) is 30.3 Å². The predicted molar refractivity (Wildman–Crippen MR) is 63.8 cm³/mol. The van der Waals surface area contributed by atoms with E-state index in [0.717, 1.165) is 5.56 Å². The second-order valence-electron chi connectivity index (χ2n) is 4.05. The van der Waals surface area contributed by atoms with Crippen LogP contribution in [0.2, 0.25) is 0 Å². The minimum atomic E-state index is -1.20. The summed E-state index contributed by atoms with van der Waals surface area (Å²) >= 11 is 0. The third-order valence-electron chi connectivity index (χ3n) is 2.64. The molecule has 94 valence electrons. The van der Waals surface area contributed by atoms with E-state index in [1.165, 1.54) is 0 Å². The molecular weight excluding hydrogens is 220 g/mol. The molecule has 4 heteroatoms. The molecule has 0 aromatic heterocycles. The minimum absolute atomic E-state index is 0.285. The summed E-state index contributed by atoms with van der Waals surface area (Å²) in [7, 11) is 1.54. The molecule has 1 aromatic rings. The zero-order valence-electron chi connectivity index (χ0n) is 10.2. The summed E-state index contributed by atoms with van der Waals surface area (Å²) in [5, 5.41) is 9.16. The Morgan fingerprint density at radius 1 is 1.35 bits per heavy atom. The van der Waals surface area contributed by atoms with E-state index in [4.69, 9.17) is 14.6 Å². The van der Waals surface area contributed by atoms with Gasteiger partial charge in [-0.05, 0) is 12.5 Å². The van der Waals surface area contributed by atoms with Crippen molar-refractivity contribution in [1.29, 1.82) is 0 Å². The van der Waals surface area contributed by atoms with Crippen LogP contribution in [0.5, 0.6) is 0 Å². The average Bonchev–Trinajstić information content (AvgIpc) is 2.35. The Hall–Kier alpha value is -1.39. The Balaban J connectivity index is 2.58. The van der Waals surface area contributed by atoms with Crippen molar-refractivity contribution < 1.29 is 19.4 Å². The molecule has 1 unspecified atom stereocenters. The van der Waals surface area contributed by atoms with Gasteiger partial charge in [-0.15, -0.1) is 0 Å². The maximum atomic E-state index is 11.2. The van der Waals surface area contributed by atoms with Gasteiger partial charge in [0.15, 0.2) is 5.60 Å². The summed E-state index contributed by atoms with van der Waals surface area (Å²) in [4.78, 5) is 11.2. The third kappa shape index (κ3) is 4.17. The first kappa shape index (κ1) is 13.7. The topological polar surface area (TPSA) is 55.8 Å². The highest BCUT2D eigenvalue weighted by atomic mass is 16.5. The molecule has 0 saturated carbocycles. The summed E-state index contributed by atoms with van der Waals surface area (Å²) in [6.07, 6.45) is 0.325. The second-order valence-corrected chi connectivity index (χ2v) is 4.05. The lowest BCUT2D eigenvalue weighted by molar-refractivity contribution is -0.167. The maximum absolute atomic E-state index is 11.2. The maximum Gasteiger partial charge on any atom is 0.335 e. The third-order valence-corrected chi connectivity index (χ3v) is 2.64. The molecule has 0 aliphatic carbocycles. The number of benzene rings is 1. The van der Waals surface area contributed by atoms with E-state index in [2.05, 4.69) is 0 Å². The molecule has 1 N–H and O–H groups in total. The molecule has 0 saturated heterocycles. The van der Waals surface area contributed by atoms with Crippen molar-refractivity contribution >= 4 is 5.97 Å². The largest absolute Gasteiger partial charge is 0.479 e. The van der Waals surface area contributed by atoms with Gasteiger partial charge in [0.05, 0.1) is 6.61 Å². The number of hydrogen-bond donors (Lipinski definition) is 1.